The smallest absolute Gasteiger partial charge is 0.330 e. The second-order valence-electron chi connectivity index (χ2n) is 5.53. The van der Waals surface area contributed by atoms with Crippen molar-refractivity contribution >= 4 is 11.8 Å². The van der Waals surface area contributed by atoms with Gasteiger partial charge in [-0.15, -0.1) is 0 Å². The van der Waals surface area contributed by atoms with Gasteiger partial charge in [0.2, 0.25) is 0 Å². The van der Waals surface area contributed by atoms with Crippen molar-refractivity contribution in [3.8, 4) is 0 Å². The lowest BCUT2D eigenvalue weighted by molar-refractivity contribution is -0.0328. The van der Waals surface area contributed by atoms with Crippen LogP contribution < -0.4 is 5.73 Å². The maximum atomic E-state index is 12.5. The Bertz CT molecular complexity index is 453. The molecule has 0 aromatic heterocycles. The first kappa shape index (κ1) is 15.7. The minimum atomic E-state index is -4.22. The van der Waals surface area contributed by atoms with Gasteiger partial charge in [-0.25, -0.2) is 0 Å². The van der Waals surface area contributed by atoms with Gasteiger partial charge in [-0.05, 0) is 79.1 Å². The summed E-state index contributed by atoms with van der Waals surface area (Å²) in [7, 11) is 0. The number of aryl methyl sites for hydroxylation is 1. The van der Waals surface area contributed by atoms with Crippen LogP contribution in [-0.4, -0.2) is 12.1 Å². The van der Waals surface area contributed by atoms with Gasteiger partial charge in [-0.2, -0.15) is 13.2 Å². The molecule has 0 aliphatic heterocycles. The third kappa shape index (κ3) is 4.42. The number of halogens is 3. The molecule has 0 atom stereocenters. The molecule has 0 spiro atoms. The van der Waals surface area contributed by atoms with E-state index in [-0.39, 0.29) is 11.8 Å². The van der Waals surface area contributed by atoms with Crippen LogP contribution in [0.1, 0.15) is 30.9 Å². The fourth-order valence-electron chi connectivity index (χ4n) is 2.81. The maximum absolute atomic E-state index is 12.5. The normalized spacial score (nSPS) is 22.6. The van der Waals surface area contributed by atoms with Crippen LogP contribution in [0.5, 0.6) is 0 Å². The van der Waals surface area contributed by atoms with Crippen LogP contribution in [0, 0.1) is 11.8 Å². The van der Waals surface area contributed by atoms with Crippen molar-refractivity contribution in [3.05, 3.63) is 29.3 Å². The summed E-state index contributed by atoms with van der Waals surface area (Å²) in [4.78, 5) is 0.307. The molecule has 1 aromatic carbocycles. The highest BCUT2D eigenvalue weighted by Crippen LogP contribution is 2.39. The SMILES string of the molecule is CCc1cc(C[C@H]2C[C@H](CN)C2)cc(SC(F)(F)F)c1. The average molecular weight is 303 g/mol. The molecule has 20 heavy (non-hydrogen) atoms. The lowest BCUT2D eigenvalue weighted by Crippen LogP contribution is -2.31. The highest BCUT2D eigenvalue weighted by atomic mass is 32.2. The summed E-state index contributed by atoms with van der Waals surface area (Å²) in [6, 6.07) is 5.37. The minimum absolute atomic E-state index is 0.0178. The Labute approximate surface area is 122 Å². The molecule has 0 amide bonds. The molecule has 1 aromatic rings. The molecule has 2 N–H and O–H groups in total. The molecule has 112 valence electrons. The van der Waals surface area contributed by atoms with Gasteiger partial charge in [0.05, 0.1) is 0 Å². The quantitative estimate of drug-likeness (QED) is 0.817. The Morgan fingerprint density at radius 1 is 1.15 bits per heavy atom. The Morgan fingerprint density at radius 3 is 2.35 bits per heavy atom. The molecular formula is C15H20F3NS. The first-order chi connectivity index (χ1) is 9.39. The topological polar surface area (TPSA) is 26.0 Å². The number of nitrogens with two attached hydrogens (primary N) is 1. The summed E-state index contributed by atoms with van der Waals surface area (Å²) in [5.41, 5.74) is 3.38. The fourth-order valence-corrected chi connectivity index (χ4v) is 3.50. The van der Waals surface area contributed by atoms with E-state index in [1.54, 1.807) is 12.1 Å². The predicted octanol–water partition coefficient (Wildman–Crippen LogP) is 4.39. The Morgan fingerprint density at radius 2 is 1.80 bits per heavy atom. The molecule has 2 rings (SSSR count). The van der Waals surface area contributed by atoms with Crippen LogP contribution >= 0.6 is 11.8 Å². The van der Waals surface area contributed by atoms with Crippen molar-refractivity contribution in [1.29, 1.82) is 0 Å². The molecule has 0 saturated heterocycles. The van der Waals surface area contributed by atoms with E-state index < -0.39 is 5.51 Å². The zero-order valence-corrected chi connectivity index (χ0v) is 12.4. The standard InChI is InChI=1S/C15H20F3NS/c1-2-10-3-12(4-11-5-13(6-11)9-19)8-14(7-10)20-15(16,17)18/h3,7-8,11,13H,2,4-6,9,19H2,1H3/t11-,13-. The zero-order chi connectivity index (χ0) is 14.8. The molecule has 1 aliphatic rings. The third-order valence-corrected chi connectivity index (χ3v) is 4.56. The van der Waals surface area contributed by atoms with Crippen molar-refractivity contribution in [2.45, 2.75) is 43.0 Å². The maximum Gasteiger partial charge on any atom is 0.446 e. The average Bonchev–Trinajstić information content (AvgIpc) is 2.30. The van der Waals surface area contributed by atoms with Crippen LogP contribution in [0.4, 0.5) is 13.2 Å². The predicted molar refractivity (Wildman–Crippen MR) is 76.7 cm³/mol. The fraction of sp³-hybridized carbons (Fsp3) is 0.600. The van der Waals surface area contributed by atoms with E-state index in [2.05, 4.69) is 0 Å². The Balaban J connectivity index is 2.06. The molecule has 1 aliphatic carbocycles. The van der Waals surface area contributed by atoms with Crippen LogP contribution in [-0.2, 0) is 12.8 Å². The molecule has 1 nitrogen and oxygen atoms in total. The number of hydrogen-bond acceptors (Lipinski definition) is 2. The van der Waals surface area contributed by atoms with Crippen molar-refractivity contribution in [2.24, 2.45) is 17.6 Å². The minimum Gasteiger partial charge on any atom is -0.330 e. The molecule has 1 fully saturated rings. The summed E-state index contributed by atoms with van der Waals surface area (Å²) in [6.45, 7) is 2.69. The molecule has 0 bridgehead atoms. The summed E-state index contributed by atoms with van der Waals surface area (Å²) in [5.74, 6) is 1.19. The van der Waals surface area contributed by atoms with E-state index in [0.29, 0.717) is 16.7 Å². The summed E-state index contributed by atoms with van der Waals surface area (Å²) in [5, 5.41) is 0. The first-order valence-corrected chi connectivity index (χ1v) is 7.80. The molecule has 0 heterocycles. The molecule has 1 saturated carbocycles. The number of rotatable bonds is 5. The van der Waals surface area contributed by atoms with E-state index in [4.69, 9.17) is 5.73 Å². The van der Waals surface area contributed by atoms with Gasteiger partial charge in [0.1, 0.15) is 0 Å². The van der Waals surface area contributed by atoms with Crippen molar-refractivity contribution in [2.75, 3.05) is 6.54 Å². The zero-order valence-electron chi connectivity index (χ0n) is 11.5. The second-order valence-corrected chi connectivity index (χ2v) is 6.67. The van der Waals surface area contributed by atoms with E-state index in [1.807, 2.05) is 13.0 Å². The number of hydrogen-bond donors (Lipinski definition) is 1. The van der Waals surface area contributed by atoms with E-state index in [9.17, 15) is 13.2 Å². The van der Waals surface area contributed by atoms with E-state index >= 15 is 0 Å². The van der Waals surface area contributed by atoms with Gasteiger partial charge in [0.25, 0.3) is 0 Å². The van der Waals surface area contributed by atoms with Gasteiger partial charge in [-0.1, -0.05) is 13.0 Å². The van der Waals surface area contributed by atoms with E-state index in [0.717, 1.165) is 43.4 Å². The van der Waals surface area contributed by atoms with Crippen LogP contribution in [0.25, 0.3) is 0 Å². The Hall–Kier alpha value is -0.680. The third-order valence-electron chi connectivity index (χ3n) is 3.86. The largest absolute Gasteiger partial charge is 0.446 e. The Kier molecular flexibility index (Phi) is 5.02. The molecule has 0 unspecified atom stereocenters. The summed E-state index contributed by atoms with van der Waals surface area (Å²) >= 11 is -0.0178. The highest BCUT2D eigenvalue weighted by Gasteiger charge is 2.30. The molecular weight excluding hydrogens is 283 g/mol. The van der Waals surface area contributed by atoms with Gasteiger partial charge >= 0.3 is 5.51 Å². The van der Waals surface area contributed by atoms with Gasteiger partial charge < -0.3 is 5.73 Å². The van der Waals surface area contributed by atoms with Crippen LogP contribution in [0.3, 0.4) is 0 Å². The summed E-state index contributed by atoms with van der Waals surface area (Å²) in [6.07, 6.45) is 3.84. The van der Waals surface area contributed by atoms with Crippen LogP contribution in [0.15, 0.2) is 23.1 Å². The van der Waals surface area contributed by atoms with E-state index in [1.165, 1.54) is 0 Å². The number of thioether (sulfide) groups is 1. The molecule has 5 heteroatoms. The summed E-state index contributed by atoms with van der Waals surface area (Å²) < 4.78 is 37.5. The number of benzene rings is 1. The van der Waals surface area contributed by atoms with Crippen molar-refractivity contribution < 1.29 is 13.2 Å². The van der Waals surface area contributed by atoms with Gasteiger partial charge in [0, 0.05) is 4.90 Å². The molecule has 0 radical (unpaired) electrons. The first-order valence-electron chi connectivity index (χ1n) is 6.98. The van der Waals surface area contributed by atoms with Gasteiger partial charge in [0.15, 0.2) is 0 Å². The lowest BCUT2D eigenvalue weighted by atomic mass is 9.72. The van der Waals surface area contributed by atoms with Crippen molar-refractivity contribution in [3.63, 3.8) is 0 Å². The monoisotopic (exact) mass is 303 g/mol. The lowest BCUT2D eigenvalue weighted by Gasteiger charge is -2.34. The second kappa shape index (κ2) is 6.39. The number of alkyl halides is 3. The highest BCUT2D eigenvalue weighted by molar-refractivity contribution is 8.00. The van der Waals surface area contributed by atoms with Crippen molar-refractivity contribution in [1.82, 2.24) is 0 Å². The van der Waals surface area contributed by atoms with Gasteiger partial charge in [-0.3, -0.25) is 0 Å². The van der Waals surface area contributed by atoms with Crippen LogP contribution in [0.2, 0.25) is 0 Å².